The Labute approximate surface area is 385 Å². The molecule has 5 rings (SSSR count). The summed E-state index contributed by atoms with van der Waals surface area (Å²) in [5.74, 6) is 4.86. The first-order valence-electron chi connectivity index (χ1n) is 23.3. The molecule has 5 aromatic carbocycles. The molecular weight excluding hydrogens is 1130 g/mol. The molecule has 1 radical (unpaired) electrons. The van der Waals surface area contributed by atoms with Gasteiger partial charge in [-0.15, -0.1) is 0 Å². The van der Waals surface area contributed by atoms with Crippen LogP contribution < -0.4 is 20.0 Å². The van der Waals surface area contributed by atoms with Crippen molar-refractivity contribution in [3.8, 4) is 0 Å². The molecule has 0 spiro atoms. The second kappa shape index (κ2) is 23.3. The number of benzene rings is 5. The van der Waals surface area contributed by atoms with Crippen LogP contribution in [0.5, 0.6) is 0 Å². The summed E-state index contributed by atoms with van der Waals surface area (Å²) in [7, 11) is 0.777. The van der Waals surface area contributed by atoms with Crippen LogP contribution in [-0.2, 0) is 0 Å². The molecule has 60 heavy (non-hydrogen) atoms. The standard InChI is InChI=1S/3C15H23.C12H11P.2Pb/c3*1-10(2)13-7-14(11(3)4)9-15(8-13)12(5)6;1-3-7-11(8-4-1)13-12-9-5-2-6-10-12;;/h3*7-8,10-12H,1-6H3;1-10,13H;;. The molecule has 0 aliphatic rings. The summed E-state index contributed by atoms with van der Waals surface area (Å²) in [6, 6.07) is 37.1. The Balaban J connectivity index is 0.000000512. The Morgan fingerprint density at radius 2 is 0.583 bits per heavy atom. The molecule has 3 heteroatoms. The van der Waals surface area contributed by atoms with Crippen LogP contribution in [-0.4, -0.2) is 35.2 Å². The quantitative estimate of drug-likeness (QED) is 0.0768. The van der Waals surface area contributed by atoms with E-state index < -0.39 is 35.2 Å². The molecule has 0 aromatic heterocycles. The molecule has 0 amide bonds. The average Bonchev–Trinajstić information content (AvgIpc) is 3.19. The average molecular weight is 1210 g/mol. The third kappa shape index (κ3) is 13.2. The molecule has 0 aliphatic carbocycles. The van der Waals surface area contributed by atoms with E-state index in [1.54, 1.807) is 33.4 Å². The van der Waals surface area contributed by atoms with Crippen LogP contribution in [0.15, 0.2) is 97.1 Å². The van der Waals surface area contributed by atoms with Crippen molar-refractivity contribution in [3.63, 3.8) is 0 Å². The van der Waals surface area contributed by atoms with Crippen LogP contribution in [0.2, 0.25) is 0 Å². The van der Waals surface area contributed by atoms with Crippen LogP contribution in [0.1, 0.15) is 228 Å². The first-order chi connectivity index (χ1) is 28.2. The Bertz CT molecular complexity index is 1960. The van der Waals surface area contributed by atoms with Crippen LogP contribution in [0.4, 0.5) is 0 Å². The van der Waals surface area contributed by atoms with Gasteiger partial charge >= 0.3 is 309 Å². The normalized spacial score (nSPS) is 11.9. The second-order valence-corrected chi connectivity index (χ2v) is 56.7. The number of hydrogen-bond acceptors (Lipinski definition) is 0. The molecule has 0 atom stereocenters. The molecule has 0 bridgehead atoms. The largest absolute Gasteiger partial charge is 0.0622 e. The van der Waals surface area contributed by atoms with E-state index >= 15 is 0 Å². The second-order valence-electron chi connectivity index (χ2n) is 20.0. The zero-order valence-corrected chi connectivity index (χ0v) is 49.7. The van der Waals surface area contributed by atoms with Gasteiger partial charge in [-0.05, 0) is 10.6 Å². The SMILES string of the molecule is CC(C)c1cc(C(C)C)[c]([Pb]=[Pb]([c]2c(C(C)C)cc(C(C)C)cc2C(C)C)[c]2c(C(C)C)cc(C(C)C)cc2C(C)C)c(C(C)C)c1.c1ccc(Pc2ccccc2)cc1. The third-order valence-corrected chi connectivity index (χ3v) is 59.9. The minimum absolute atomic E-state index is 0.530. The molecule has 0 saturated heterocycles. The summed E-state index contributed by atoms with van der Waals surface area (Å²) in [4.78, 5) is 0. The smallest absolute Gasteiger partial charge is 0.0226 e. The predicted molar refractivity (Wildman–Crippen MR) is 277 cm³/mol. The van der Waals surface area contributed by atoms with E-state index in [1.807, 2.05) is 9.37 Å². The molecule has 5 aromatic rings. The van der Waals surface area contributed by atoms with E-state index in [2.05, 4.69) is 222 Å². The van der Waals surface area contributed by atoms with Gasteiger partial charge in [0.05, 0.1) is 0 Å². The van der Waals surface area contributed by atoms with Gasteiger partial charge in [-0.3, -0.25) is 0 Å². The van der Waals surface area contributed by atoms with Crippen molar-refractivity contribution < 1.29 is 0 Å². The zero-order chi connectivity index (χ0) is 44.6. The zero-order valence-electron chi connectivity index (χ0n) is 40.9. The first-order valence-corrected chi connectivity index (χ1v) is 49.1. The topological polar surface area (TPSA) is 0 Å². The van der Waals surface area contributed by atoms with Crippen LogP contribution in [0.3, 0.4) is 0 Å². The molecule has 0 saturated carbocycles. The van der Waals surface area contributed by atoms with Crippen molar-refractivity contribution in [1.82, 2.24) is 0 Å². The van der Waals surface area contributed by atoms with Crippen molar-refractivity contribution >= 4 is 63.7 Å². The minimum Gasteiger partial charge on any atom is -0.0622 e. The van der Waals surface area contributed by atoms with Crippen LogP contribution in [0, 0.1) is 0 Å². The molecular formula is C57H80PPb2. The minimum atomic E-state index is -2.78. The maximum Gasteiger partial charge on any atom is -0.0226 e. The van der Waals surface area contributed by atoms with E-state index in [0.717, 1.165) is 8.58 Å². The van der Waals surface area contributed by atoms with Gasteiger partial charge in [0.15, 0.2) is 0 Å². The van der Waals surface area contributed by atoms with Crippen molar-refractivity contribution in [1.29, 1.82) is 0 Å². The van der Waals surface area contributed by atoms with Gasteiger partial charge in [-0.1, -0.05) is 69.2 Å². The molecule has 321 valence electrons. The van der Waals surface area contributed by atoms with Gasteiger partial charge in [0, 0.05) is 0 Å². The molecule has 0 unspecified atom stereocenters. The molecule has 0 fully saturated rings. The van der Waals surface area contributed by atoms with Crippen molar-refractivity contribution in [3.05, 3.63) is 147 Å². The van der Waals surface area contributed by atoms with Gasteiger partial charge < -0.3 is 0 Å². The van der Waals surface area contributed by atoms with E-state index in [0.29, 0.717) is 53.3 Å². The Morgan fingerprint density at radius 3 is 0.817 bits per heavy atom. The predicted octanol–water partition coefficient (Wildman–Crippen LogP) is 14.2. The monoisotopic (exact) mass is 1210 g/mol. The maximum absolute atomic E-state index is 2.78. The molecule has 0 aliphatic heterocycles. The maximum atomic E-state index is 2.67. The van der Waals surface area contributed by atoms with Gasteiger partial charge in [0.25, 0.3) is 0 Å². The van der Waals surface area contributed by atoms with E-state index in [4.69, 9.17) is 0 Å². The Morgan fingerprint density at radius 1 is 0.333 bits per heavy atom. The fourth-order valence-electron chi connectivity index (χ4n) is 8.17. The van der Waals surface area contributed by atoms with Crippen molar-refractivity contribution in [2.75, 3.05) is 0 Å². The fraction of sp³-hybridized carbons (Fsp3) is 0.474. The summed E-state index contributed by atoms with van der Waals surface area (Å²) in [5.41, 5.74) is 14.8. The Kier molecular flexibility index (Phi) is 19.8. The fourth-order valence-corrected chi connectivity index (χ4v) is 72.8. The summed E-state index contributed by atoms with van der Waals surface area (Å²) in [6.45, 7) is 44.0. The first kappa shape index (κ1) is 51.0. The third-order valence-electron chi connectivity index (χ3n) is 12.0. The summed E-state index contributed by atoms with van der Waals surface area (Å²) >= 11 is -4.18. The molecule has 0 heterocycles. The molecule has 0 nitrogen and oxygen atoms in total. The van der Waals surface area contributed by atoms with Gasteiger partial charge in [-0.25, -0.2) is 0 Å². The Hall–Kier alpha value is -1.63. The van der Waals surface area contributed by atoms with Crippen molar-refractivity contribution in [2.24, 2.45) is 0 Å². The van der Waals surface area contributed by atoms with Crippen molar-refractivity contribution in [2.45, 2.75) is 178 Å². The van der Waals surface area contributed by atoms with Gasteiger partial charge in [0.1, 0.15) is 0 Å². The van der Waals surface area contributed by atoms with Gasteiger partial charge in [0.2, 0.25) is 0 Å². The van der Waals surface area contributed by atoms with E-state index in [-0.39, 0.29) is 0 Å². The van der Waals surface area contributed by atoms with Crippen LogP contribution >= 0.6 is 8.58 Å². The summed E-state index contributed by atoms with van der Waals surface area (Å²) in [5, 5.41) is 2.79. The number of hydrogen-bond donors (Lipinski definition) is 0. The van der Waals surface area contributed by atoms with Gasteiger partial charge in [-0.2, -0.15) is 0 Å². The number of rotatable bonds is 14. The van der Waals surface area contributed by atoms with E-state index in [1.165, 1.54) is 27.3 Å². The summed E-state index contributed by atoms with van der Waals surface area (Å²) in [6.07, 6.45) is 0. The van der Waals surface area contributed by atoms with Crippen LogP contribution in [0.25, 0.3) is 0 Å². The summed E-state index contributed by atoms with van der Waals surface area (Å²) < 4.78 is 5.70. The molecule has 0 N–H and O–H groups in total. The van der Waals surface area contributed by atoms with E-state index in [9.17, 15) is 0 Å².